The maximum Gasteiger partial charge on any atom is 0.276 e. The number of benzene rings is 2. The van der Waals surface area contributed by atoms with Gasteiger partial charge in [-0.1, -0.05) is 11.6 Å². The highest BCUT2D eigenvalue weighted by Gasteiger charge is 2.31. The Morgan fingerprint density at radius 1 is 1.03 bits per heavy atom. The number of halogens is 2. The Bertz CT molecular complexity index is 1030. The SMILES string of the molecule is CCOc1ccc(OCC)c(N(Cl)C(=O)C(N=Nc2c(Cl)ccc(OC)c2OC)C(C)=O)c1. The van der Waals surface area contributed by atoms with E-state index in [9.17, 15) is 9.59 Å². The van der Waals surface area contributed by atoms with Crippen LogP contribution in [-0.4, -0.2) is 45.2 Å². The van der Waals surface area contributed by atoms with Crippen molar-refractivity contribution in [2.45, 2.75) is 26.8 Å². The third-order valence-electron chi connectivity index (χ3n) is 4.31. The predicted octanol–water partition coefficient (Wildman–Crippen LogP) is 5.38. The molecule has 1 amide bonds. The number of ketones is 1. The van der Waals surface area contributed by atoms with E-state index in [1.54, 1.807) is 25.1 Å². The molecule has 0 saturated carbocycles. The fourth-order valence-corrected chi connectivity index (χ4v) is 3.22. The van der Waals surface area contributed by atoms with E-state index in [1.807, 2.05) is 6.92 Å². The molecule has 0 aliphatic rings. The zero-order valence-corrected chi connectivity index (χ0v) is 20.4. The Kier molecular flexibility index (Phi) is 9.74. The van der Waals surface area contributed by atoms with Gasteiger partial charge < -0.3 is 18.9 Å². The monoisotopic (exact) mass is 497 g/mol. The molecule has 0 fully saturated rings. The molecule has 0 spiro atoms. The average Bonchev–Trinajstić information content (AvgIpc) is 2.80. The van der Waals surface area contributed by atoms with Gasteiger partial charge in [-0.25, -0.2) is 4.42 Å². The second-order valence-electron chi connectivity index (χ2n) is 6.47. The lowest BCUT2D eigenvalue weighted by atomic mass is 10.2. The van der Waals surface area contributed by atoms with Gasteiger partial charge in [-0.3, -0.25) is 9.59 Å². The molecule has 9 nitrogen and oxygen atoms in total. The second-order valence-corrected chi connectivity index (χ2v) is 7.22. The van der Waals surface area contributed by atoms with Gasteiger partial charge in [0, 0.05) is 17.8 Å². The number of anilines is 1. The predicted molar refractivity (Wildman–Crippen MR) is 126 cm³/mol. The Morgan fingerprint density at radius 3 is 2.27 bits per heavy atom. The molecule has 2 rings (SSSR count). The molecule has 1 atom stereocenters. The van der Waals surface area contributed by atoms with Gasteiger partial charge in [0.05, 0.1) is 32.5 Å². The second kappa shape index (κ2) is 12.3. The van der Waals surface area contributed by atoms with Gasteiger partial charge in [0.1, 0.15) is 22.9 Å². The summed E-state index contributed by atoms with van der Waals surface area (Å²) in [5.41, 5.74) is 0.306. The number of hydrogen-bond donors (Lipinski definition) is 0. The molecule has 0 N–H and O–H groups in total. The van der Waals surface area contributed by atoms with Crippen LogP contribution in [0.3, 0.4) is 0 Å². The summed E-state index contributed by atoms with van der Waals surface area (Å²) in [6.07, 6.45) is 0. The van der Waals surface area contributed by atoms with Crippen LogP contribution in [0.5, 0.6) is 23.0 Å². The van der Waals surface area contributed by atoms with E-state index < -0.39 is 17.7 Å². The minimum absolute atomic E-state index is 0.104. The molecule has 0 aliphatic heterocycles. The molecule has 33 heavy (non-hydrogen) atoms. The standard InChI is InChI=1S/C22H25Cl2N3O6/c1-6-32-14-8-10-17(33-7-2)16(12-14)27(24)22(29)19(13(3)28)25-26-20-15(23)9-11-18(30-4)21(20)31-5/h8-12,19H,6-7H2,1-5H3. The molecule has 0 saturated heterocycles. The summed E-state index contributed by atoms with van der Waals surface area (Å²) in [7, 11) is 2.86. The first-order chi connectivity index (χ1) is 15.8. The zero-order chi connectivity index (χ0) is 24.5. The highest BCUT2D eigenvalue weighted by molar-refractivity contribution is 6.39. The molecular weight excluding hydrogens is 473 g/mol. The molecule has 0 aliphatic carbocycles. The quantitative estimate of drug-likeness (QED) is 0.234. The highest BCUT2D eigenvalue weighted by atomic mass is 35.5. The fraction of sp³-hybridized carbons (Fsp3) is 0.364. The summed E-state index contributed by atoms with van der Waals surface area (Å²) in [5.74, 6) is -0.0416. The topological polar surface area (TPSA) is 99.0 Å². The molecule has 0 radical (unpaired) electrons. The number of Topliss-reactive ketones (excluding diaryl/α,β-unsaturated/α-hetero) is 1. The van der Waals surface area contributed by atoms with Crippen molar-refractivity contribution in [1.82, 2.24) is 0 Å². The molecule has 1 unspecified atom stereocenters. The van der Waals surface area contributed by atoms with Crippen molar-refractivity contribution in [2.24, 2.45) is 10.2 Å². The van der Waals surface area contributed by atoms with Crippen LogP contribution < -0.4 is 23.4 Å². The first-order valence-corrected chi connectivity index (χ1v) is 10.7. The number of amides is 1. The molecule has 11 heteroatoms. The van der Waals surface area contributed by atoms with Crippen LogP contribution in [0.25, 0.3) is 0 Å². The molecule has 2 aromatic carbocycles. The van der Waals surface area contributed by atoms with Crippen LogP contribution in [-0.2, 0) is 9.59 Å². The van der Waals surface area contributed by atoms with Crippen molar-refractivity contribution in [3.8, 4) is 23.0 Å². The van der Waals surface area contributed by atoms with Gasteiger partial charge in [-0.15, -0.1) is 5.11 Å². The van der Waals surface area contributed by atoms with Gasteiger partial charge in [0.15, 0.2) is 17.3 Å². The van der Waals surface area contributed by atoms with E-state index in [-0.39, 0.29) is 22.1 Å². The minimum atomic E-state index is -1.54. The van der Waals surface area contributed by atoms with E-state index in [1.165, 1.54) is 33.3 Å². The number of ether oxygens (including phenoxy) is 4. The van der Waals surface area contributed by atoms with Crippen LogP contribution in [0, 0.1) is 0 Å². The van der Waals surface area contributed by atoms with Gasteiger partial charge in [-0.05, 0) is 45.0 Å². The maximum absolute atomic E-state index is 13.1. The summed E-state index contributed by atoms with van der Waals surface area (Å²) in [5, 5.41) is 8.13. The van der Waals surface area contributed by atoms with Crippen molar-refractivity contribution >= 4 is 46.4 Å². The van der Waals surface area contributed by atoms with E-state index in [4.69, 9.17) is 42.3 Å². The maximum atomic E-state index is 13.1. The number of azo groups is 1. The van der Waals surface area contributed by atoms with Crippen molar-refractivity contribution in [2.75, 3.05) is 31.9 Å². The highest BCUT2D eigenvalue weighted by Crippen LogP contribution is 2.43. The van der Waals surface area contributed by atoms with E-state index >= 15 is 0 Å². The fourth-order valence-electron chi connectivity index (χ4n) is 2.81. The summed E-state index contributed by atoms with van der Waals surface area (Å²) < 4.78 is 22.3. The van der Waals surface area contributed by atoms with Crippen molar-refractivity contribution in [1.29, 1.82) is 0 Å². The van der Waals surface area contributed by atoms with Gasteiger partial charge >= 0.3 is 0 Å². The summed E-state index contributed by atoms with van der Waals surface area (Å²) in [4.78, 5) is 25.4. The molecular formula is C22H25Cl2N3O6. The van der Waals surface area contributed by atoms with Crippen LogP contribution in [0.15, 0.2) is 40.6 Å². The van der Waals surface area contributed by atoms with Gasteiger partial charge in [0.2, 0.25) is 6.04 Å². The van der Waals surface area contributed by atoms with Crippen LogP contribution in [0.2, 0.25) is 5.02 Å². The Morgan fingerprint density at radius 2 is 1.70 bits per heavy atom. The number of carbonyl (C=O) groups is 2. The van der Waals surface area contributed by atoms with Crippen molar-refractivity contribution in [3.05, 3.63) is 35.4 Å². The Balaban J connectivity index is 2.44. The summed E-state index contributed by atoms with van der Waals surface area (Å²) in [6.45, 7) is 5.57. The van der Waals surface area contributed by atoms with E-state index in [0.717, 1.165) is 4.42 Å². The lowest BCUT2D eigenvalue weighted by Crippen LogP contribution is -2.36. The number of carbonyl (C=O) groups excluding carboxylic acids is 2. The average molecular weight is 498 g/mol. The summed E-state index contributed by atoms with van der Waals surface area (Å²) >= 11 is 12.6. The first kappa shape index (κ1) is 26.2. The molecule has 2 aromatic rings. The van der Waals surface area contributed by atoms with Gasteiger partial charge in [0.25, 0.3) is 5.91 Å². The molecule has 0 heterocycles. The zero-order valence-electron chi connectivity index (χ0n) is 18.9. The molecule has 0 bridgehead atoms. The third-order valence-corrected chi connectivity index (χ3v) is 4.96. The summed E-state index contributed by atoms with van der Waals surface area (Å²) in [6, 6.07) is 6.43. The lowest BCUT2D eigenvalue weighted by Gasteiger charge is -2.20. The van der Waals surface area contributed by atoms with E-state index in [2.05, 4.69) is 10.2 Å². The number of hydrogen-bond acceptors (Lipinski definition) is 8. The van der Waals surface area contributed by atoms with Crippen molar-refractivity contribution in [3.63, 3.8) is 0 Å². The minimum Gasteiger partial charge on any atom is -0.494 e. The lowest BCUT2D eigenvalue weighted by molar-refractivity contribution is -0.126. The number of methoxy groups -OCH3 is 2. The van der Waals surface area contributed by atoms with Crippen LogP contribution in [0.4, 0.5) is 11.4 Å². The Hall–Kier alpha value is -3.04. The largest absolute Gasteiger partial charge is 0.494 e. The Labute approximate surface area is 202 Å². The molecule has 0 aromatic heterocycles. The van der Waals surface area contributed by atoms with Gasteiger partial charge in [-0.2, -0.15) is 5.11 Å². The van der Waals surface area contributed by atoms with Crippen LogP contribution in [0.1, 0.15) is 20.8 Å². The number of nitrogens with zero attached hydrogens (tertiary/aromatic N) is 3. The van der Waals surface area contributed by atoms with Crippen molar-refractivity contribution < 1.29 is 28.5 Å². The molecule has 178 valence electrons. The number of rotatable bonds is 11. The smallest absolute Gasteiger partial charge is 0.276 e. The normalized spacial score (nSPS) is 11.7. The van der Waals surface area contributed by atoms with Crippen LogP contribution >= 0.6 is 23.4 Å². The third kappa shape index (κ3) is 6.27. The van der Waals surface area contributed by atoms with E-state index in [0.29, 0.717) is 30.5 Å². The first-order valence-electron chi connectivity index (χ1n) is 10.00.